The molecule has 1 aliphatic rings. The van der Waals surface area contributed by atoms with E-state index >= 15 is 0 Å². The van der Waals surface area contributed by atoms with Gasteiger partial charge in [-0.3, -0.25) is 14.4 Å². The molecule has 1 heterocycles. The van der Waals surface area contributed by atoms with Gasteiger partial charge in [-0.05, 0) is 48.7 Å². The smallest absolute Gasteiger partial charge is 0.256 e. The van der Waals surface area contributed by atoms with Gasteiger partial charge in [0.25, 0.3) is 5.91 Å². The predicted octanol–water partition coefficient (Wildman–Crippen LogP) is 3.87. The van der Waals surface area contributed by atoms with Gasteiger partial charge >= 0.3 is 0 Å². The maximum Gasteiger partial charge on any atom is 0.256 e. The first-order valence-corrected chi connectivity index (χ1v) is 9.68. The third-order valence-electron chi connectivity index (χ3n) is 4.78. The van der Waals surface area contributed by atoms with Crippen molar-refractivity contribution in [1.29, 1.82) is 0 Å². The van der Waals surface area contributed by atoms with E-state index in [1.165, 1.54) is 35.6 Å². The number of nitrogens with one attached hydrogen (secondary N) is 2. The summed E-state index contributed by atoms with van der Waals surface area (Å²) in [6.07, 6.45) is 3.16. The number of aryl methyl sites for hydroxylation is 1. The zero-order valence-corrected chi connectivity index (χ0v) is 16.5. The lowest BCUT2D eigenvalue weighted by atomic mass is 10.1. The second-order valence-corrected chi connectivity index (χ2v) is 7.11. The Labute approximate surface area is 169 Å². The van der Waals surface area contributed by atoms with Crippen molar-refractivity contribution < 1.29 is 18.8 Å². The Hall–Kier alpha value is -3.22. The molecule has 1 saturated heterocycles. The molecule has 1 atom stereocenters. The number of hydrogen-bond donors (Lipinski definition) is 2. The average Bonchev–Trinajstić information content (AvgIpc) is 2.96. The zero-order valence-electron chi connectivity index (χ0n) is 16.5. The Morgan fingerprint density at radius 1 is 1.17 bits per heavy atom. The Bertz CT molecular complexity index is 927. The zero-order chi connectivity index (χ0) is 21.0. The highest BCUT2D eigenvalue weighted by atomic mass is 19.1. The minimum atomic E-state index is -0.752. The fourth-order valence-corrected chi connectivity index (χ4v) is 3.31. The highest BCUT2D eigenvalue weighted by Crippen LogP contribution is 2.27. The van der Waals surface area contributed by atoms with Crippen LogP contribution >= 0.6 is 0 Å². The van der Waals surface area contributed by atoms with E-state index in [0.29, 0.717) is 11.4 Å². The van der Waals surface area contributed by atoms with Crippen LogP contribution < -0.4 is 15.5 Å². The summed E-state index contributed by atoms with van der Waals surface area (Å²) in [6.45, 7) is 3.41. The van der Waals surface area contributed by atoms with Gasteiger partial charge in [-0.1, -0.05) is 25.5 Å². The summed E-state index contributed by atoms with van der Waals surface area (Å²) in [7, 11) is 0. The number of halogens is 1. The van der Waals surface area contributed by atoms with Gasteiger partial charge in [-0.2, -0.15) is 0 Å². The topological polar surface area (TPSA) is 78.5 Å². The van der Waals surface area contributed by atoms with Crippen LogP contribution in [0.3, 0.4) is 0 Å². The van der Waals surface area contributed by atoms with Crippen LogP contribution in [-0.4, -0.2) is 23.8 Å². The molecule has 2 N–H and O–H groups in total. The number of carbonyl (C=O) groups is 3. The molecular formula is C22H24FN3O3. The van der Waals surface area contributed by atoms with E-state index in [2.05, 4.69) is 17.6 Å². The Balaban J connectivity index is 1.73. The van der Waals surface area contributed by atoms with Crippen molar-refractivity contribution in [1.82, 2.24) is 0 Å². The molecule has 1 unspecified atom stereocenters. The number of amides is 3. The standard InChI is InChI=1S/C22H24FN3O3/c1-3-4-5-15-6-9-17(10-7-15)26-21(28)13-20(22(26)29)25-16-8-11-18(23)19(12-16)24-14(2)27/h6-12,20,25H,3-5,13H2,1-2H3,(H,24,27). The SMILES string of the molecule is CCCCc1ccc(N2C(=O)CC(Nc3ccc(F)c(NC(C)=O)c3)C2=O)cc1. The Morgan fingerprint density at radius 3 is 2.55 bits per heavy atom. The summed E-state index contributed by atoms with van der Waals surface area (Å²) < 4.78 is 13.8. The molecule has 0 spiro atoms. The first-order chi connectivity index (χ1) is 13.9. The molecule has 29 heavy (non-hydrogen) atoms. The quantitative estimate of drug-likeness (QED) is 0.695. The van der Waals surface area contributed by atoms with Crippen LogP contribution in [0.1, 0.15) is 38.7 Å². The first kappa shape index (κ1) is 20.5. The molecule has 7 heteroatoms. The minimum Gasteiger partial charge on any atom is -0.373 e. The number of imide groups is 1. The van der Waals surface area contributed by atoms with Crippen LogP contribution in [0.2, 0.25) is 0 Å². The normalized spacial score (nSPS) is 16.2. The number of rotatable bonds is 7. The van der Waals surface area contributed by atoms with Crippen LogP contribution in [0.5, 0.6) is 0 Å². The molecule has 1 aliphatic heterocycles. The Kier molecular flexibility index (Phi) is 6.26. The van der Waals surface area contributed by atoms with Crippen LogP contribution in [0.15, 0.2) is 42.5 Å². The molecule has 1 fully saturated rings. The first-order valence-electron chi connectivity index (χ1n) is 9.68. The number of carbonyl (C=O) groups excluding carboxylic acids is 3. The maximum atomic E-state index is 13.8. The van der Waals surface area contributed by atoms with Gasteiger partial charge in [0.15, 0.2) is 0 Å². The van der Waals surface area contributed by atoms with Crippen molar-refractivity contribution >= 4 is 34.8 Å². The number of unbranched alkanes of at least 4 members (excludes halogenated alkanes) is 1. The molecule has 2 aromatic carbocycles. The summed E-state index contributed by atoms with van der Waals surface area (Å²) in [4.78, 5) is 37.6. The summed E-state index contributed by atoms with van der Waals surface area (Å²) in [5, 5.41) is 5.37. The molecular weight excluding hydrogens is 373 g/mol. The number of nitrogens with zero attached hydrogens (tertiary/aromatic N) is 1. The lowest BCUT2D eigenvalue weighted by molar-refractivity contribution is -0.121. The number of hydrogen-bond acceptors (Lipinski definition) is 4. The van der Waals surface area contributed by atoms with E-state index in [0.717, 1.165) is 19.3 Å². The second kappa shape index (κ2) is 8.86. The van der Waals surface area contributed by atoms with Crippen molar-refractivity contribution in [2.24, 2.45) is 0 Å². The summed E-state index contributed by atoms with van der Waals surface area (Å²) in [5.74, 6) is -1.63. The maximum absolute atomic E-state index is 13.8. The summed E-state index contributed by atoms with van der Waals surface area (Å²) in [5.41, 5.74) is 2.17. The summed E-state index contributed by atoms with van der Waals surface area (Å²) in [6, 6.07) is 10.8. The van der Waals surface area contributed by atoms with E-state index in [-0.39, 0.29) is 23.9 Å². The van der Waals surface area contributed by atoms with Crippen molar-refractivity contribution in [3.63, 3.8) is 0 Å². The van der Waals surface area contributed by atoms with Crippen molar-refractivity contribution in [3.8, 4) is 0 Å². The van der Waals surface area contributed by atoms with Gasteiger partial charge in [0.05, 0.1) is 17.8 Å². The lowest BCUT2D eigenvalue weighted by Crippen LogP contribution is -2.34. The number of benzene rings is 2. The van der Waals surface area contributed by atoms with E-state index < -0.39 is 17.8 Å². The molecule has 3 rings (SSSR count). The van der Waals surface area contributed by atoms with Gasteiger partial charge < -0.3 is 10.6 Å². The van der Waals surface area contributed by atoms with Crippen LogP contribution in [0.25, 0.3) is 0 Å². The van der Waals surface area contributed by atoms with Gasteiger partial charge in [0, 0.05) is 12.6 Å². The Morgan fingerprint density at radius 2 is 1.90 bits per heavy atom. The van der Waals surface area contributed by atoms with E-state index in [9.17, 15) is 18.8 Å². The molecule has 0 aromatic heterocycles. The molecule has 0 aliphatic carbocycles. The molecule has 152 valence electrons. The van der Waals surface area contributed by atoms with Gasteiger partial charge in [0.2, 0.25) is 11.8 Å². The molecule has 6 nitrogen and oxygen atoms in total. The largest absolute Gasteiger partial charge is 0.373 e. The van der Waals surface area contributed by atoms with Gasteiger partial charge in [-0.25, -0.2) is 9.29 Å². The van der Waals surface area contributed by atoms with Crippen molar-refractivity contribution in [2.75, 3.05) is 15.5 Å². The fourth-order valence-electron chi connectivity index (χ4n) is 3.31. The van der Waals surface area contributed by atoms with Crippen molar-refractivity contribution in [2.45, 2.75) is 45.6 Å². The van der Waals surface area contributed by atoms with Crippen molar-refractivity contribution in [3.05, 3.63) is 53.8 Å². The third kappa shape index (κ3) is 4.80. The lowest BCUT2D eigenvalue weighted by Gasteiger charge is -2.17. The van der Waals surface area contributed by atoms with Gasteiger partial charge in [0.1, 0.15) is 11.9 Å². The molecule has 0 bridgehead atoms. The summed E-state index contributed by atoms with van der Waals surface area (Å²) >= 11 is 0. The minimum absolute atomic E-state index is 0.00324. The molecule has 2 aromatic rings. The third-order valence-corrected chi connectivity index (χ3v) is 4.78. The second-order valence-electron chi connectivity index (χ2n) is 7.11. The van der Waals surface area contributed by atoms with Crippen LogP contribution in [-0.2, 0) is 20.8 Å². The van der Waals surface area contributed by atoms with E-state index in [1.807, 2.05) is 12.1 Å². The molecule has 3 amide bonds. The van der Waals surface area contributed by atoms with Crippen LogP contribution in [0.4, 0.5) is 21.5 Å². The predicted molar refractivity (Wildman–Crippen MR) is 110 cm³/mol. The average molecular weight is 397 g/mol. The highest BCUT2D eigenvalue weighted by molar-refractivity contribution is 6.23. The van der Waals surface area contributed by atoms with Crippen LogP contribution in [0, 0.1) is 5.82 Å². The van der Waals surface area contributed by atoms with E-state index in [4.69, 9.17) is 0 Å². The molecule has 0 radical (unpaired) electrons. The number of anilines is 3. The monoisotopic (exact) mass is 397 g/mol. The fraction of sp³-hybridized carbons (Fsp3) is 0.318. The van der Waals surface area contributed by atoms with Gasteiger partial charge in [-0.15, -0.1) is 0 Å². The molecule has 0 saturated carbocycles. The van der Waals surface area contributed by atoms with E-state index in [1.54, 1.807) is 12.1 Å². The highest BCUT2D eigenvalue weighted by Gasteiger charge is 2.39.